The van der Waals surface area contributed by atoms with Crippen molar-refractivity contribution in [3.8, 4) is 0 Å². The van der Waals surface area contributed by atoms with Crippen LogP contribution >= 0.6 is 0 Å². The molecule has 1 saturated heterocycles. The van der Waals surface area contributed by atoms with Gasteiger partial charge in [-0.25, -0.2) is 4.79 Å². The summed E-state index contributed by atoms with van der Waals surface area (Å²) >= 11 is 0. The summed E-state index contributed by atoms with van der Waals surface area (Å²) in [5.74, 6) is -3.72. The molecule has 2 aromatic carbocycles. The van der Waals surface area contributed by atoms with E-state index in [0.29, 0.717) is 51.4 Å². The van der Waals surface area contributed by atoms with E-state index >= 15 is 0 Å². The monoisotopic (exact) mass is 901 g/mol. The average molecular weight is 901 g/mol. The minimum absolute atomic E-state index is 0.0185. The SMILES string of the molecule is C=CCC[C@H]1OC[C@@H](C)NC(=O)[C@H](C(C)OCc2ccccc2)NC(=O)[C@H](CNC(=O)OCc2ccccc2)NC(=O)[C@H](C2CCCCC2)NC(=O)[C@H](CCC)N(C)C(=O)[C@@H]1CCC=C. The van der Waals surface area contributed by atoms with Gasteiger partial charge in [-0.3, -0.25) is 24.0 Å². The van der Waals surface area contributed by atoms with Gasteiger partial charge in [0.15, 0.2) is 0 Å². The Hall–Kier alpha value is -5.54. The minimum atomic E-state index is -1.43. The number of hydrogen-bond acceptors (Lipinski definition) is 9. The van der Waals surface area contributed by atoms with Crippen molar-refractivity contribution in [2.75, 3.05) is 20.2 Å². The summed E-state index contributed by atoms with van der Waals surface area (Å²) in [6, 6.07) is 13.1. The lowest BCUT2D eigenvalue weighted by atomic mass is 9.83. The molecule has 1 unspecified atom stereocenters. The van der Waals surface area contributed by atoms with Gasteiger partial charge in [-0.1, -0.05) is 105 Å². The first-order valence-corrected chi connectivity index (χ1v) is 23.3. The number of nitrogens with one attached hydrogen (secondary N) is 5. The fraction of sp³-hybridized carbons (Fsp3) is 0.560. The number of ether oxygens (including phenoxy) is 3. The quantitative estimate of drug-likeness (QED) is 0.125. The lowest BCUT2D eigenvalue weighted by Crippen LogP contribution is -2.63. The van der Waals surface area contributed by atoms with Crippen LogP contribution in [-0.2, 0) is 51.4 Å². The maximum Gasteiger partial charge on any atom is 0.407 e. The third-order valence-corrected chi connectivity index (χ3v) is 12.1. The topological polar surface area (TPSA) is 194 Å². The molecule has 0 spiro atoms. The second-order valence-corrected chi connectivity index (χ2v) is 17.2. The molecule has 8 atom stereocenters. The van der Waals surface area contributed by atoms with Crippen LogP contribution in [0.25, 0.3) is 0 Å². The molecule has 0 bridgehead atoms. The molecule has 2 fully saturated rings. The second kappa shape index (κ2) is 27.7. The Bertz CT molecular complexity index is 1840. The summed E-state index contributed by atoms with van der Waals surface area (Å²) in [7, 11) is 1.61. The summed E-state index contributed by atoms with van der Waals surface area (Å²) in [5, 5.41) is 14.2. The molecule has 5 N–H and O–H groups in total. The first kappa shape index (κ1) is 52.1. The van der Waals surface area contributed by atoms with Gasteiger partial charge in [0.2, 0.25) is 29.5 Å². The van der Waals surface area contributed by atoms with E-state index < -0.39 is 84.6 Å². The molecule has 1 saturated carbocycles. The molecule has 4 rings (SSSR count). The third kappa shape index (κ3) is 16.8. The lowest BCUT2D eigenvalue weighted by molar-refractivity contribution is -0.148. The summed E-state index contributed by atoms with van der Waals surface area (Å²) in [4.78, 5) is 87.1. The van der Waals surface area contributed by atoms with Crippen molar-refractivity contribution >= 4 is 35.6 Å². The highest BCUT2D eigenvalue weighted by molar-refractivity contribution is 5.96. The van der Waals surface area contributed by atoms with Gasteiger partial charge in [-0.2, -0.15) is 0 Å². The number of likely N-dealkylation sites (N-methyl/N-ethyl adjacent to an activating group) is 1. The zero-order valence-corrected chi connectivity index (χ0v) is 38.8. The molecule has 2 aromatic rings. The van der Waals surface area contributed by atoms with Crippen molar-refractivity contribution in [1.29, 1.82) is 0 Å². The molecule has 2 aliphatic rings. The zero-order valence-electron chi connectivity index (χ0n) is 38.8. The highest BCUT2D eigenvalue weighted by Crippen LogP contribution is 2.28. The van der Waals surface area contributed by atoms with E-state index in [4.69, 9.17) is 14.2 Å². The normalized spacial score (nSPS) is 25.0. The van der Waals surface area contributed by atoms with Crippen LogP contribution in [0.2, 0.25) is 0 Å². The van der Waals surface area contributed by atoms with Crippen LogP contribution < -0.4 is 26.6 Å². The van der Waals surface area contributed by atoms with Gasteiger partial charge in [-0.05, 0) is 75.8 Å². The molecule has 15 heteroatoms. The number of rotatable bonds is 17. The number of nitrogens with zero attached hydrogens (tertiary/aromatic N) is 1. The van der Waals surface area contributed by atoms with Gasteiger partial charge < -0.3 is 45.7 Å². The van der Waals surface area contributed by atoms with Crippen molar-refractivity contribution in [2.45, 2.75) is 147 Å². The summed E-state index contributed by atoms with van der Waals surface area (Å²) in [6.45, 7) is 12.8. The summed E-state index contributed by atoms with van der Waals surface area (Å²) in [5.41, 5.74) is 1.60. The predicted molar refractivity (Wildman–Crippen MR) is 249 cm³/mol. The number of carbonyl (C=O) groups is 6. The predicted octanol–water partition coefficient (Wildman–Crippen LogP) is 5.63. The number of carbonyl (C=O) groups excluding carboxylic acids is 6. The number of hydrogen-bond donors (Lipinski definition) is 5. The van der Waals surface area contributed by atoms with E-state index in [2.05, 4.69) is 39.7 Å². The third-order valence-electron chi connectivity index (χ3n) is 12.1. The second-order valence-electron chi connectivity index (χ2n) is 17.2. The number of allylic oxidation sites excluding steroid dienone is 2. The molecule has 0 aromatic heterocycles. The maximum absolute atomic E-state index is 14.6. The molecule has 6 amide bonds. The molecular formula is C50H72N6O9. The Labute approximate surface area is 385 Å². The van der Waals surface area contributed by atoms with Crippen LogP contribution in [0.5, 0.6) is 0 Å². The number of benzene rings is 2. The van der Waals surface area contributed by atoms with Crippen molar-refractivity contribution in [2.24, 2.45) is 11.8 Å². The Morgan fingerprint density at radius 3 is 2.08 bits per heavy atom. The number of amides is 6. The van der Waals surface area contributed by atoms with Gasteiger partial charge in [-0.15, -0.1) is 13.2 Å². The minimum Gasteiger partial charge on any atom is -0.445 e. The number of alkyl carbamates (subject to hydrolysis) is 1. The molecular weight excluding hydrogens is 829 g/mol. The Kier molecular flexibility index (Phi) is 22.2. The Morgan fingerprint density at radius 2 is 1.45 bits per heavy atom. The van der Waals surface area contributed by atoms with E-state index in [1.165, 1.54) is 4.90 Å². The molecule has 0 radical (unpaired) electrons. The fourth-order valence-electron chi connectivity index (χ4n) is 8.37. The van der Waals surface area contributed by atoms with Gasteiger partial charge in [0.05, 0.1) is 37.9 Å². The molecule has 1 aliphatic carbocycles. The molecule has 1 heterocycles. The van der Waals surface area contributed by atoms with Crippen molar-refractivity contribution < 1.29 is 43.0 Å². The molecule has 15 nitrogen and oxygen atoms in total. The first-order valence-electron chi connectivity index (χ1n) is 23.3. The van der Waals surface area contributed by atoms with Crippen LogP contribution in [0.15, 0.2) is 86.0 Å². The van der Waals surface area contributed by atoms with Gasteiger partial charge in [0.1, 0.15) is 30.8 Å². The van der Waals surface area contributed by atoms with Crippen LogP contribution in [0.3, 0.4) is 0 Å². The van der Waals surface area contributed by atoms with Crippen molar-refractivity contribution in [3.63, 3.8) is 0 Å². The van der Waals surface area contributed by atoms with Gasteiger partial charge in [0, 0.05) is 13.1 Å². The van der Waals surface area contributed by atoms with Crippen LogP contribution in [0.1, 0.15) is 103 Å². The van der Waals surface area contributed by atoms with E-state index in [9.17, 15) is 28.8 Å². The first-order chi connectivity index (χ1) is 31.4. The average Bonchev–Trinajstić information content (AvgIpc) is 3.32. The molecule has 356 valence electrons. The lowest BCUT2D eigenvalue weighted by Gasteiger charge is -2.36. The fourth-order valence-corrected chi connectivity index (χ4v) is 8.37. The zero-order chi connectivity index (χ0) is 47.1. The largest absolute Gasteiger partial charge is 0.445 e. The van der Waals surface area contributed by atoms with E-state index in [0.717, 1.165) is 30.4 Å². The maximum atomic E-state index is 14.6. The van der Waals surface area contributed by atoms with Crippen LogP contribution in [0, 0.1) is 11.8 Å². The Morgan fingerprint density at radius 1 is 0.815 bits per heavy atom. The van der Waals surface area contributed by atoms with Crippen LogP contribution in [0.4, 0.5) is 4.79 Å². The van der Waals surface area contributed by atoms with E-state index in [1.54, 1.807) is 45.2 Å². The van der Waals surface area contributed by atoms with Gasteiger partial charge in [0.25, 0.3) is 0 Å². The van der Waals surface area contributed by atoms with E-state index in [1.807, 2.05) is 55.5 Å². The highest BCUT2D eigenvalue weighted by Gasteiger charge is 2.40. The smallest absolute Gasteiger partial charge is 0.407 e. The summed E-state index contributed by atoms with van der Waals surface area (Å²) in [6.07, 6.45) is 7.95. The Balaban J connectivity index is 1.75. The molecule has 1 aliphatic heterocycles. The van der Waals surface area contributed by atoms with Crippen molar-refractivity contribution in [3.05, 3.63) is 97.1 Å². The highest BCUT2D eigenvalue weighted by atomic mass is 16.5. The van der Waals surface area contributed by atoms with Crippen LogP contribution in [-0.4, -0.2) is 103 Å². The molecule has 65 heavy (non-hydrogen) atoms. The van der Waals surface area contributed by atoms with Gasteiger partial charge >= 0.3 is 6.09 Å². The summed E-state index contributed by atoms with van der Waals surface area (Å²) < 4.78 is 18.1. The standard InChI is InChI=1S/C50H72N6O9/c1-7-10-28-39-42(29-11-8-2)64-31-34(4)52-47(59)43(35(5)63-32-36-22-15-12-16-23-36)54-45(57)40(30-51-50(62)65-33-37-24-17-13-18-25-37)53-48(60)44(38-26-19-14-20-27-38)55-46(58)41(21-9-3)56(6)49(39)61/h7-8,12-13,15-18,22-25,34-35,38-44H,1-2,9-11,14,19-21,26-33H2,3-6H3,(H,51,62)(H,52,59)(H,53,60)(H,54,57)(H,55,58)/t34-,35?,39-,40+,41+,42-,43+,44+/m1/s1. The van der Waals surface area contributed by atoms with Crippen molar-refractivity contribution in [1.82, 2.24) is 31.5 Å². The van der Waals surface area contributed by atoms with E-state index in [-0.39, 0.29) is 31.6 Å².